The molecule has 26 heavy (non-hydrogen) atoms. The van der Waals surface area contributed by atoms with E-state index in [-0.39, 0.29) is 11.4 Å². The monoisotopic (exact) mass is 366 g/mol. The van der Waals surface area contributed by atoms with Crippen molar-refractivity contribution in [1.29, 1.82) is 0 Å². The van der Waals surface area contributed by atoms with E-state index in [1.54, 1.807) is 6.92 Å². The number of morpholine rings is 1. The summed E-state index contributed by atoms with van der Waals surface area (Å²) in [6.45, 7) is 3.92. The summed E-state index contributed by atoms with van der Waals surface area (Å²) in [4.78, 5) is 22.9. The third kappa shape index (κ3) is 4.10. The average Bonchev–Trinajstić information content (AvgIpc) is 2.61. The van der Waals surface area contributed by atoms with Crippen molar-refractivity contribution in [3.63, 3.8) is 0 Å². The number of amides is 1. The van der Waals surface area contributed by atoms with Crippen LogP contribution in [0.4, 0.5) is 24.8 Å². The number of aryl methyl sites for hydroxylation is 1. The second-order valence-corrected chi connectivity index (χ2v) is 5.79. The molecule has 1 saturated heterocycles. The summed E-state index contributed by atoms with van der Waals surface area (Å²) >= 11 is 0. The van der Waals surface area contributed by atoms with Crippen LogP contribution in [0.2, 0.25) is 0 Å². The Labute approximate surface area is 148 Å². The molecule has 1 aliphatic heterocycles. The Bertz CT molecular complexity index is 805. The van der Waals surface area contributed by atoms with Gasteiger partial charge in [0.1, 0.15) is 5.69 Å². The molecule has 1 fully saturated rings. The number of ether oxygens (including phenoxy) is 1. The highest BCUT2D eigenvalue weighted by molar-refractivity contribution is 6.03. The number of aromatic nitrogens is 2. The van der Waals surface area contributed by atoms with Crippen molar-refractivity contribution in [2.45, 2.75) is 13.1 Å². The van der Waals surface area contributed by atoms with Crippen molar-refractivity contribution in [3.8, 4) is 0 Å². The Morgan fingerprint density at radius 3 is 2.58 bits per heavy atom. The first-order chi connectivity index (χ1) is 12.3. The molecule has 1 N–H and O–H groups in total. The highest BCUT2D eigenvalue weighted by Gasteiger charge is 2.33. The van der Waals surface area contributed by atoms with Gasteiger partial charge in [-0.15, -0.1) is 0 Å². The summed E-state index contributed by atoms with van der Waals surface area (Å²) < 4.78 is 44.5. The number of carbonyl (C=O) groups is 1. The van der Waals surface area contributed by atoms with Crippen molar-refractivity contribution in [2.24, 2.45) is 0 Å². The molecule has 1 aromatic heterocycles. The fraction of sp³-hybridized carbons (Fsp3) is 0.353. The highest BCUT2D eigenvalue weighted by Crippen LogP contribution is 2.34. The van der Waals surface area contributed by atoms with Gasteiger partial charge in [0, 0.05) is 18.8 Å². The number of hydrogen-bond donors (Lipinski definition) is 1. The Hall–Kier alpha value is -2.68. The van der Waals surface area contributed by atoms with E-state index in [0.29, 0.717) is 37.9 Å². The van der Waals surface area contributed by atoms with Crippen molar-refractivity contribution in [2.75, 3.05) is 36.5 Å². The molecule has 1 aromatic carbocycles. The Morgan fingerprint density at radius 2 is 1.88 bits per heavy atom. The molecule has 2 heterocycles. The predicted molar refractivity (Wildman–Crippen MR) is 89.2 cm³/mol. The van der Waals surface area contributed by atoms with Gasteiger partial charge >= 0.3 is 6.18 Å². The lowest BCUT2D eigenvalue weighted by Gasteiger charge is -2.27. The summed E-state index contributed by atoms with van der Waals surface area (Å²) in [6, 6.07) is 6.26. The lowest BCUT2D eigenvalue weighted by Crippen LogP contribution is -2.37. The Kier molecular flexibility index (Phi) is 5.08. The molecule has 0 saturated carbocycles. The molecule has 0 bridgehead atoms. The molecular formula is C17H17F3N4O2. The zero-order chi connectivity index (χ0) is 18.7. The van der Waals surface area contributed by atoms with Gasteiger partial charge in [0.05, 0.1) is 24.5 Å². The van der Waals surface area contributed by atoms with E-state index in [2.05, 4.69) is 15.3 Å². The zero-order valence-electron chi connectivity index (χ0n) is 14.0. The minimum absolute atomic E-state index is 0.0102. The van der Waals surface area contributed by atoms with Crippen LogP contribution in [0.25, 0.3) is 0 Å². The van der Waals surface area contributed by atoms with Crippen LogP contribution >= 0.6 is 0 Å². The maximum Gasteiger partial charge on any atom is 0.418 e. The molecule has 0 unspecified atom stereocenters. The van der Waals surface area contributed by atoms with Gasteiger partial charge in [-0.25, -0.2) is 9.97 Å². The van der Waals surface area contributed by atoms with E-state index in [0.717, 1.165) is 6.07 Å². The van der Waals surface area contributed by atoms with Crippen LogP contribution in [0.1, 0.15) is 21.7 Å². The van der Waals surface area contributed by atoms with Crippen molar-refractivity contribution in [3.05, 3.63) is 47.3 Å². The van der Waals surface area contributed by atoms with Crippen LogP contribution in [-0.2, 0) is 10.9 Å². The topological polar surface area (TPSA) is 67.4 Å². The van der Waals surface area contributed by atoms with E-state index in [9.17, 15) is 18.0 Å². The standard InChI is InChI=1S/C17H17F3N4O2/c1-11-10-14(23-16(21-11)24-6-8-26-9-7-24)15(25)22-13-5-3-2-4-12(13)17(18,19)20/h2-5,10H,6-9H2,1H3,(H,22,25). The molecule has 9 heteroatoms. The molecule has 138 valence electrons. The number of nitrogens with one attached hydrogen (secondary N) is 1. The zero-order valence-corrected chi connectivity index (χ0v) is 14.0. The van der Waals surface area contributed by atoms with Crippen LogP contribution in [0.15, 0.2) is 30.3 Å². The third-order valence-electron chi connectivity index (χ3n) is 3.85. The van der Waals surface area contributed by atoms with E-state index in [4.69, 9.17) is 4.74 Å². The lowest BCUT2D eigenvalue weighted by molar-refractivity contribution is -0.136. The van der Waals surface area contributed by atoms with Gasteiger partial charge in [-0.1, -0.05) is 12.1 Å². The largest absolute Gasteiger partial charge is 0.418 e. The first-order valence-corrected chi connectivity index (χ1v) is 8.00. The maximum absolute atomic E-state index is 13.1. The molecular weight excluding hydrogens is 349 g/mol. The molecule has 0 radical (unpaired) electrons. The predicted octanol–water partition coefficient (Wildman–Crippen LogP) is 2.89. The first-order valence-electron chi connectivity index (χ1n) is 8.00. The molecule has 0 spiro atoms. The summed E-state index contributed by atoms with van der Waals surface area (Å²) in [5.41, 5.74) is -0.659. The minimum atomic E-state index is -4.57. The molecule has 1 aliphatic rings. The number of hydrogen-bond acceptors (Lipinski definition) is 5. The minimum Gasteiger partial charge on any atom is -0.378 e. The first kappa shape index (κ1) is 18.1. The molecule has 2 aromatic rings. The fourth-order valence-corrected chi connectivity index (χ4v) is 2.60. The SMILES string of the molecule is Cc1cc(C(=O)Nc2ccccc2C(F)(F)F)nc(N2CCOCC2)n1. The highest BCUT2D eigenvalue weighted by atomic mass is 19.4. The van der Waals surface area contributed by atoms with Gasteiger partial charge < -0.3 is 15.0 Å². The number of nitrogens with zero attached hydrogens (tertiary/aromatic N) is 3. The van der Waals surface area contributed by atoms with Crippen LogP contribution in [0.5, 0.6) is 0 Å². The molecule has 0 atom stereocenters. The Balaban J connectivity index is 1.86. The summed E-state index contributed by atoms with van der Waals surface area (Å²) in [6.07, 6.45) is -4.57. The van der Waals surface area contributed by atoms with Crippen molar-refractivity contribution in [1.82, 2.24) is 9.97 Å². The number of rotatable bonds is 3. The number of alkyl halides is 3. The summed E-state index contributed by atoms with van der Waals surface area (Å²) in [5, 5.41) is 2.30. The lowest BCUT2D eigenvalue weighted by atomic mass is 10.1. The van der Waals surface area contributed by atoms with Crippen LogP contribution in [0, 0.1) is 6.92 Å². The van der Waals surface area contributed by atoms with E-state index in [1.165, 1.54) is 24.3 Å². The van der Waals surface area contributed by atoms with E-state index >= 15 is 0 Å². The number of halogens is 3. The van der Waals surface area contributed by atoms with Gasteiger partial charge in [0.2, 0.25) is 5.95 Å². The molecule has 3 rings (SSSR count). The number of anilines is 2. The van der Waals surface area contributed by atoms with E-state index < -0.39 is 17.6 Å². The quantitative estimate of drug-likeness (QED) is 0.905. The normalized spacial score (nSPS) is 15.0. The summed E-state index contributed by atoms with van der Waals surface area (Å²) in [7, 11) is 0. The number of para-hydroxylation sites is 1. The van der Waals surface area contributed by atoms with Crippen LogP contribution < -0.4 is 10.2 Å². The average molecular weight is 366 g/mol. The smallest absolute Gasteiger partial charge is 0.378 e. The molecule has 0 aliphatic carbocycles. The van der Waals surface area contributed by atoms with Gasteiger partial charge in [-0.3, -0.25) is 4.79 Å². The van der Waals surface area contributed by atoms with Crippen LogP contribution in [0.3, 0.4) is 0 Å². The van der Waals surface area contributed by atoms with Gasteiger partial charge in [-0.05, 0) is 25.1 Å². The number of carbonyl (C=O) groups excluding carboxylic acids is 1. The van der Waals surface area contributed by atoms with Gasteiger partial charge in [-0.2, -0.15) is 13.2 Å². The number of benzene rings is 1. The van der Waals surface area contributed by atoms with Crippen molar-refractivity contribution < 1.29 is 22.7 Å². The maximum atomic E-state index is 13.1. The fourth-order valence-electron chi connectivity index (χ4n) is 2.60. The van der Waals surface area contributed by atoms with Crippen LogP contribution in [-0.4, -0.2) is 42.2 Å². The molecule has 1 amide bonds. The van der Waals surface area contributed by atoms with Gasteiger partial charge in [0.15, 0.2) is 0 Å². The molecule has 6 nitrogen and oxygen atoms in total. The summed E-state index contributed by atoms with van der Waals surface area (Å²) in [5.74, 6) is -0.357. The second-order valence-electron chi connectivity index (χ2n) is 5.79. The van der Waals surface area contributed by atoms with Crippen molar-refractivity contribution >= 4 is 17.5 Å². The van der Waals surface area contributed by atoms with Gasteiger partial charge in [0.25, 0.3) is 5.91 Å². The second kappa shape index (κ2) is 7.28. The Morgan fingerprint density at radius 1 is 1.19 bits per heavy atom. The van der Waals surface area contributed by atoms with E-state index in [1.807, 2.05) is 4.90 Å². The third-order valence-corrected chi connectivity index (χ3v) is 3.85.